The van der Waals surface area contributed by atoms with Crippen LogP contribution in [-0.2, 0) is 6.42 Å². The lowest BCUT2D eigenvalue weighted by Gasteiger charge is -2.21. The second-order valence-electron chi connectivity index (χ2n) is 9.50. The minimum absolute atomic E-state index is 0.00859. The maximum absolute atomic E-state index is 13.9. The summed E-state index contributed by atoms with van der Waals surface area (Å²) in [6.45, 7) is 3.34. The highest BCUT2D eigenvalue weighted by atomic mass is 19.2. The van der Waals surface area contributed by atoms with Gasteiger partial charge in [0.25, 0.3) is 5.56 Å². The Bertz CT molecular complexity index is 1480. The van der Waals surface area contributed by atoms with E-state index >= 15 is 0 Å². The highest BCUT2D eigenvalue weighted by molar-refractivity contribution is 5.44. The first-order valence-electron chi connectivity index (χ1n) is 11.9. The minimum atomic E-state index is -1.58. The van der Waals surface area contributed by atoms with Crippen molar-refractivity contribution in [3.8, 4) is 5.69 Å². The van der Waals surface area contributed by atoms with Crippen molar-refractivity contribution in [1.29, 1.82) is 0 Å². The molecule has 0 saturated heterocycles. The van der Waals surface area contributed by atoms with Crippen LogP contribution >= 0.6 is 0 Å². The highest BCUT2D eigenvalue weighted by Crippen LogP contribution is 2.40. The largest absolute Gasteiger partial charge is 0.394 e. The zero-order valence-corrected chi connectivity index (χ0v) is 20.0. The molecule has 2 heterocycles. The molecule has 0 bridgehead atoms. The van der Waals surface area contributed by atoms with Crippen LogP contribution in [0.1, 0.15) is 58.3 Å². The molecule has 1 aliphatic rings. The normalized spacial score (nSPS) is 14.3. The first kappa shape index (κ1) is 24.1. The van der Waals surface area contributed by atoms with Crippen LogP contribution in [0.15, 0.2) is 59.9 Å². The Balaban J connectivity index is 1.54. The number of aromatic nitrogens is 3. The van der Waals surface area contributed by atoms with Gasteiger partial charge in [-0.1, -0.05) is 12.1 Å². The smallest absolute Gasteiger partial charge is 0.254 e. The molecular formula is C28H26F3N3O2. The maximum Gasteiger partial charge on any atom is 0.254 e. The molecule has 0 unspecified atom stereocenters. The molecule has 5 rings (SSSR count). The van der Waals surface area contributed by atoms with Gasteiger partial charge in [0, 0.05) is 30.1 Å². The monoisotopic (exact) mass is 493 g/mol. The summed E-state index contributed by atoms with van der Waals surface area (Å²) in [5, 5.41) is 10.1. The fraction of sp³-hybridized carbons (Fsp3) is 0.286. The van der Waals surface area contributed by atoms with Crippen LogP contribution in [0.5, 0.6) is 0 Å². The Morgan fingerprint density at radius 3 is 2.36 bits per heavy atom. The SMILES string of the molecule is Cc1cn(-c2ccc(Cc3cc(C4CC4)cn([C@@H](CO)c4cc(F)c(F)c(F)c4)c3=O)cc2C)cn1. The minimum Gasteiger partial charge on any atom is -0.394 e. The van der Waals surface area contributed by atoms with Crippen LogP contribution in [0.3, 0.4) is 0 Å². The third kappa shape index (κ3) is 4.60. The Morgan fingerprint density at radius 2 is 1.78 bits per heavy atom. The van der Waals surface area contributed by atoms with E-state index in [1.165, 1.54) is 4.57 Å². The summed E-state index contributed by atoms with van der Waals surface area (Å²) in [4.78, 5) is 17.8. The number of aliphatic hydroxyl groups excluding tert-OH is 1. The van der Waals surface area contributed by atoms with E-state index in [1.807, 2.05) is 48.9 Å². The van der Waals surface area contributed by atoms with E-state index < -0.39 is 30.1 Å². The first-order valence-corrected chi connectivity index (χ1v) is 11.9. The molecule has 1 N–H and O–H groups in total. The molecular weight excluding hydrogens is 467 g/mol. The molecule has 4 aromatic rings. The van der Waals surface area contributed by atoms with E-state index in [1.54, 1.807) is 12.5 Å². The topological polar surface area (TPSA) is 60.0 Å². The van der Waals surface area contributed by atoms with Gasteiger partial charge in [0.05, 0.1) is 24.7 Å². The molecule has 1 atom stereocenters. The van der Waals surface area contributed by atoms with Gasteiger partial charge in [0.15, 0.2) is 17.5 Å². The fourth-order valence-corrected chi connectivity index (χ4v) is 4.69. The molecule has 5 nitrogen and oxygen atoms in total. The van der Waals surface area contributed by atoms with Crippen molar-refractivity contribution in [3.05, 3.63) is 116 Å². The molecule has 1 aliphatic carbocycles. The van der Waals surface area contributed by atoms with Crippen molar-refractivity contribution in [2.75, 3.05) is 6.61 Å². The molecule has 36 heavy (non-hydrogen) atoms. The van der Waals surface area contributed by atoms with E-state index in [4.69, 9.17) is 0 Å². The van der Waals surface area contributed by atoms with Gasteiger partial charge in [-0.25, -0.2) is 18.2 Å². The van der Waals surface area contributed by atoms with Gasteiger partial charge in [-0.05, 0) is 79.1 Å². The van der Waals surface area contributed by atoms with Crippen molar-refractivity contribution < 1.29 is 18.3 Å². The first-order chi connectivity index (χ1) is 17.2. The summed E-state index contributed by atoms with van der Waals surface area (Å²) < 4.78 is 44.7. The van der Waals surface area contributed by atoms with Crippen molar-refractivity contribution in [2.24, 2.45) is 0 Å². The van der Waals surface area contributed by atoms with Gasteiger partial charge in [-0.3, -0.25) is 4.79 Å². The Hall–Kier alpha value is -3.65. The van der Waals surface area contributed by atoms with E-state index in [0.717, 1.165) is 53.0 Å². The molecule has 186 valence electrons. The van der Waals surface area contributed by atoms with Crippen molar-refractivity contribution in [1.82, 2.24) is 14.1 Å². The van der Waals surface area contributed by atoms with Crippen molar-refractivity contribution >= 4 is 0 Å². The molecule has 0 aliphatic heterocycles. The second-order valence-corrected chi connectivity index (χ2v) is 9.50. The summed E-state index contributed by atoms with van der Waals surface area (Å²) in [5.41, 5.74) is 4.94. The Kier molecular flexibility index (Phi) is 6.30. The van der Waals surface area contributed by atoms with Crippen molar-refractivity contribution in [2.45, 2.75) is 45.1 Å². The number of imidazole rings is 1. The molecule has 1 saturated carbocycles. The predicted molar refractivity (Wildman–Crippen MR) is 130 cm³/mol. The summed E-state index contributed by atoms with van der Waals surface area (Å²) in [5.74, 6) is -4.01. The molecule has 0 spiro atoms. The number of pyridine rings is 1. The molecule has 8 heteroatoms. The molecule has 2 aromatic carbocycles. The van der Waals surface area contributed by atoms with E-state index in [-0.39, 0.29) is 11.1 Å². The van der Waals surface area contributed by atoms with Crippen LogP contribution in [0.25, 0.3) is 5.69 Å². The van der Waals surface area contributed by atoms with Gasteiger partial charge >= 0.3 is 0 Å². The van der Waals surface area contributed by atoms with E-state index in [2.05, 4.69) is 4.98 Å². The quantitative estimate of drug-likeness (QED) is 0.364. The third-order valence-corrected chi connectivity index (χ3v) is 6.73. The Labute approximate surface area is 206 Å². The maximum atomic E-state index is 13.9. The average molecular weight is 494 g/mol. The zero-order chi connectivity index (χ0) is 25.6. The third-order valence-electron chi connectivity index (χ3n) is 6.73. The van der Waals surface area contributed by atoms with Crippen LogP contribution in [0.4, 0.5) is 13.2 Å². The van der Waals surface area contributed by atoms with Gasteiger partial charge in [-0.2, -0.15) is 0 Å². The van der Waals surface area contributed by atoms with Gasteiger partial charge in [0.1, 0.15) is 0 Å². The van der Waals surface area contributed by atoms with E-state index in [0.29, 0.717) is 17.9 Å². The van der Waals surface area contributed by atoms with Gasteiger partial charge < -0.3 is 14.2 Å². The number of halogens is 3. The number of rotatable bonds is 7. The Morgan fingerprint density at radius 1 is 1.06 bits per heavy atom. The number of aryl methyl sites for hydroxylation is 2. The molecule has 0 amide bonds. The molecule has 0 radical (unpaired) electrons. The number of benzene rings is 2. The molecule has 1 fully saturated rings. The summed E-state index contributed by atoms with van der Waals surface area (Å²) >= 11 is 0. The van der Waals surface area contributed by atoms with Gasteiger partial charge in [0.2, 0.25) is 0 Å². The highest BCUT2D eigenvalue weighted by Gasteiger charge is 2.27. The number of nitrogens with zero attached hydrogens (tertiary/aromatic N) is 3. The van der Waals surface area contributed by atoms with Gasteiger partial charge in [-0.15, -0.1) is 0 Å². The number of hydrogen-bond acceptors (Lipinski definition) is 3. The lowest BCUT2D eigenvalue weighted by molar-refractivity contribution is 0.245. The number of aliphatic hydroxyl groups is 1. The van der Waals surface area contributed by atoms with E-state index in [9.17, 15) is 23.1 Å². The van der Waals surface area contributed by atoms with Crippen LogP contribution in [0, 0.1) is 31.3 Å². The predicted octanol–water partition coefficient (Wildman–Crippen LogP) is 5.12. The van der Waals surface area contributed by atoms with Crippen LogP contribution in [-0.4, -0.2) is 25.8 Å². The lowest BCUT2D eigenvalue weighted by atomic mass is 9.99. The number of hydrogen-bond donors (Lipinski definition) is 1. The average Bonchev–Trinajstić information content (AvgIpc) is 3.61. The van der Waals surface area contributed by atoms with Crippen LogP contribution < -0.4 is 5.56 Å². The lowest BCUT2D eigenvalue weighted by Crippen LogP contribution is -2.30. The summed E-state index contributed by atoms with van der Waals surface area (Å²) in [7, 11) is 0. The van der Waals surface area contributed by atoms with Crippen LogP contribution in [0.2, 0.25) is 0 Å². The summed E-state index contributed by atoms with van der Waals surface area (Å²) in [6.07, 6.45) is 7.67. The standard InChI is InChI=1S/C28H26F3N3O2/c1-16-7-18(3-6-25(16)33-12-17(2)32-15-33)8-21-9-22(19-4-5-19)13-34(28(21)36)26(14-35)20-10-23(29)27(31)24(30)11-20/h3,6-7,9-13,15,19,26,35H,4-5,8,14H2,1-2H3/t26-/m0/s1. The molecule has 2 aromatic heterocycles. The zero-order valence-electron chi connectivity index (χ0n) is 20.0. The van der Waals surface area contributed by atoms with Crippen molar-refractivity contribution in [3.63, 3.8) is 0 Å². The second kappa shape index (κ2) is 9.43. The summed E-state index contributed by atoms with van der Waals surface area (Å²) in [6, 6.07) is 8.46. The fourth-order valence-electron chi connectivity index (χ4n) is 4.69.